The zero-order valence-electron chi connectivity index (χ0n) is 80.5. The Labute approximate surface area is 860 Å². The van der Waals surface area contributed by atoms with Crippen LogP contribution in [0.4, 0.5) is 0 Å². The number of rotatable bonds is 9. The van der Waals surface area contributed by atoms with Gasteiger partial charge in [-0.3, -0.25) is 0 Å². The topological polar surface area (TPSA) is 118 Å². The molecule has 0 amide bonds. The van der Waals surface area contributed by atoms with Gasteiger partial charge in [-0.15, -0.1) is 11.3 Å². The zero-order chi connectivity index (χ0) is 98.3. The molecule has 0 atom stereocenters. The fourth-order valence-electron chi connectivity index (χ4n) is 23.7. The van der Waals surface area contributed by atoms with E-state index in [1.54, 1.807) is 0 Å². The van der Waals surface area contributed by atoms with Gasteiger partial charge in [0.2, 0.25) is 0 Å². The van der Waals surface area contributed by atoms with Crippen LogP contribution in [0.1, 0.15) is 0 Å². The first-order valence-corrected chi connectivity index (χ1v) is 51.6. The second-order valence-electron chi connectivity index (χ2n) is 38.9. The van der Waals surface area contributed by atoms with Gasteiger partial charge in [-0.1, -0.05) is 315 Å². The molecule has 11 nitrogen and oxygen atoms in total. The maximum absolute atomic E-state index is 6.45. The molecule has 24 aromatic carbocycles. The summed E-state index contributed by atoms with van der Waals surface area (Å²) in [6.45, 7) is 0. The smallest absolute Gasteiger partial charge is 0.160 e. The zero-order valence-corrected chi connectivity index (χ0v) is 81.3. The first-order valence-electron chi connectivity index (χ1n) is 50.7. The molecule has 12 heteroatoms. The molecular formula is C138H81N9O2S. The molecule has 0 radical (unpaired) electrons. The van der Waals surface area contributed by atoms with Gasteiger partial charge in [-0.05, 0) is 241 Å². The van der Waals surface area contributed by atoms with Gasteiger partial charge in [0.05, 0.1) is 66.7 Å². The van der Waals surface area contributed by atoms with E-state index in [-0.39, 0.29) is 0 Å². The van der Waals surface area contributed by atoms with E-state index in [0.717, 1.165) is 150 Å². The highest BCUT2D eigenvalue weighted by molar-refractivity contribution is 7.25. The van der Waals surface area contributed by atoms with E-state index in [0.29, 0.717) is 11.6 Å². The molecule has 9 aromatic heterocycles. The molecule has 33 rings (SSSR count). The lowest BCUT2D eigenvalue weighted by atomic mass is 10.00. The molecule has 0 fully saturated rings. The van der Waals surface area contributed by atoms with Crippen molar-refractivity contribution in [3.8, 4) is 85.0 Å². The van der Waals surface area contributed by atoms with Crippen LogP contribution in [0.2, 0.25) is 0 Å². The monoisotopic (exact) mass is 1930 g/mol. The highest BCUT2D eigenvalue weighted by Gasteiger charge is 2.27. The third kappa shape index (κ3) is 13.5. The molecule has 0 bridgehead atoms. The van der Waals surface area contributed by atoms with Gasteiger partial charge in [0, 0.05) is 141 Å². The van der Waals surface area contributed by atoms with Crippen molar-refractivity contribution in [3.05, 3.63) is 491 Å². The largest absolute Gasteiger partial charge is 0.456 e. The van der Waals surface area contributed by atoms with E-state index in [1.165, 1.54) is 150 Å². The number of para-hydroxylation sites is 6. The van der Waals surface area contributed by atoms with Crippen molar-refractivity contribution in [2.75, 3.05) is 0 Å². The van der Waals surface area contributed by atoms with E-state index in [1.807, 2.05) is 65.9 Å². The van der Waals surface area contributed by atoms with Gasteiger partial charge in [-0.25, -0.2) is 29.9 Å². The van der Waals surface area contributed by atoms with Crippen molar-refractivity contribution in [3.63, 3.8) is 0 Å². The summed E-state index contributed by atoms with van der Waals surface area (Å²) in [5.74, 6) is 2.10. The fourth-order valence-corrected chi connectivity index (χ4v) is 24.8. The highest BCUT2D eigenvalue weighted by atomic mass is 32.1. The van der Waals surface area contributed by atoms with E-state index in [9.17, 15) is 0 Å². The maximum Gasteiger partial charge on any atom is 0.160 e. The third-order valence-electron chi connectivity index (χ3n) is 30.6. The summed E-state index contributed by atoms with van der Waals surface area (Å²) >= 11 is 1.83. The van der Waals surface area contributed by atoms with Crippen LogP contribution in [0.15, 0.2) is 500 Å². The number of hydrogen-bond acceptors (Lipinski definition) is 9. The Morgan fingerprint density at radius 2 is 0.460 bits per heavy atom. The predicted molar refractivity (Wildman–Crippen MR) is 627 cm³/mol. The highest BCUT2D eigenvalue weighted by Crippen LogP contribution is 2.49. The minimum absolute atomic E-state index is 0.678. The van der Waals surface area contributed by atoms with E-state index < -0.39 is 0 Å². The first-order chi connectivity index (χ1) is 74.4. The van der Waals surface area contributed by atoms with E-state index in [4.69, 9.17) is 38.7 Å². The Morgan fingerprint density at radius 1 is 0.173 bits per heavy atom. The fraction of sp³-hybridized carbons (Fsp3) is 0. The van der Waals surface area contributed by atoms with Crippen molar-refractivity contribution in [2.45, 2.75) is 0 Å². The third-order valence-corrected chi connectivity index (χ3v) is 31.7. The van der Waals surface area contributed by atoms with Crippen LogP contribution in [-0.2, 0) is 0 Å². The normalized spacial score (nSPS) is 12.0. The van der Waals surface area contributed by atoms with Gasteiger partial charge >= 0.3 is 0 Å². The molecular weight excluding hydrogens is 1850 g/mol. The SMILES string of the molecule is c1ccc2c(c1)ccc1c2c2c3ccccc3ccc2n1-c1ccc(-c2nc(-c3ccc4c(c3)sc3ccccc34)c3ccccc3n2)cc1.c1ccc2c(c1)ccc1c2c2c3ccccc3ccc2n1-c1ccc(-c2nc(-c3ccc4oc5ccccc5c4c3)c3ccccc3n2)cc1.c1ccc2c(c1)ccc1c2c2c3ccccc3ccc2n1-c1ccc(-c2nc(-c3cccc4c3oc3ccccc34)c3ccccc3n2)cc1. The molecule has 0 unspecified atom stereocenters. The standard InChI is InChI=1S/2C46H27N3O.C46H27N3S/c1-3-12-32-28(10-1)22-26-39-42(32)43-33-13-4-2-11-29(33)23-27-40(43)49(39)31-24-20-30(21-25-31)46-47-38-18-7-5-15-36(38)44(48-46)37-17-9-16-35-34-14-6-8-19-41(34)50-45(35)37;1-3-11-33-28(9-1)19-24-39-43(33)44-34-12-4-2-10-29(34)20-25-40(44)49(39)32-22-17-30(18-23-32)46-47-38-15-7-5-14-36(38)45(48-46)31-21-26-42-37(27-31)35-13-6-8-16-41(35)50-42;1-3-11-33-28(9-1)20-25-39-43(33)44-34-12-4-2-10-29(34)21-26-40(44)49(39)32-22-17-30(18-23-32)46-47-38-15-7-5-14-37(38)45(48-46)31-19-24-36-35-13-6-8-16-41(35)50-42(36)27-31/h3*1-27H. The Hall–Kier alpha value is -19.9. The van der Waals surface area contributed by atoms with Gasteiger partial charge < -0.3 is 22.5 Å². The van der Waals surface area contributed by atoms with Crippen molar-refractivity contribution in [2.24, 2.45) is 0 Å². The number of fused-ring (bicyclic) bond motifs is 33. The van der Waals surface area contributed by atoms with Gasteiger partial charge in [0.1, 0.15) is 22.3 Å². The Balaban J connectivity index is 0.000000101. The predicted octanol–water partition coefficient (Wildman–Crippen LogP) is 37.3. The summed E-state index contributed by atoms with van der Waals surface area (Å²) in [6.07, 6.45) is 0. The summed E-state index contributed by atoms with van der Waals surface area (Å²) < 4.78 is 22.3. The molecule has 0 aliphatic rings. The van der Waals surface area contributed by atoms with Crippen molar-refractivity contribution in [1.29, 1.82) is 0 Å². The Bertz CT molecular complexity index is 11200. The molecule has 0 saturated heterocycles. The van der Waals surface area contributed by atoms with Gasteiger partial charge in [0.15, 0.2) is 17.5 Å². The summed E-state index contributed by atoms with van der Waals surface area (Å²) in [5.41, 5.74) is 25.4. The van der Waals surface area contributed by atoms with Crippen LogP contribution in [-0.4, -0.2) is 43.6 Å². The molecule has 150 heavy (non-hydrogen) atoms. The summed E-state index contributed by atoms with van der Waals surface area (Å²) in [4.78, 5) is 30.9. The molecule has 0 N–H and O–H groups in total. The minimum atomic E-state index is 0.678. The first kappa shape index (κ1) is 84.6. The van der Waals surface area contributed by atoms with Crippen molar-refractivity contribution >= 4 is 238 Å². The van der Waals surface area contributed by atoms with Crippen LogP contribution >= 0.6 is 11.3 Å². The minimum Gasteiger partial charge on any atom is -0.456 e. The lowest BCUT2D eigenvalue weighted by Crippen LogP contribution is -1.97. The quantitative estimate of drug-likeness (QED) is 0.140. The van der Waals surface area contributed by atoms with Gasteiger partial charge in [-0.2, -0.15) is 0 Å². The number of benzene rings is 24. The van der Waals surface area contributed by atoms with Crippen LogP contribution in [0.3, 0.4) is 0 Å². The average molecular weight is 1930 g/mol. The van der Waals surface area contributed by atoms with Crippen LogP contribution in [0.25, 0.3) is 312 Å². The summed E-state index contributed by atoms with van der Waals surface area (Å²) in [6, 6.07) is 175. The Kier molecular flexibility index (Phi) is 19.1. The number of furan rings is 2. The second-order valence-corrected chi connectivity index (χ2v) is 40.0. The number of hydrogen-bond donors (Lipinski definition) is 0. The lowest BCUT2D eigenvalue weighted by molar-refractivity contribution is 0.669. The molecule has 0 aliphatic carbocycles. The Morgan fingerprint density at radius 3 is 0.860 bits per heavy atom. The molecule has 9 heterocycles. The van der Waals surface area contributed by atoms with Crippen molar-refractivity contribution in [1.82, 2.24) is 43.6 Å². The molecule has 0 aliphatic heterocycles. The number of aromatic nitrogens is 9. The van der Waals surface area contributed by atoms with Crippen molar-refractivity contribution < 1.29 is 8.83 Å². The van der Waals surface area contributed by atoms with E-state index in [2.05, 4.69) is 450 Å². The average Bonchev–Trinajstić information content (AvgIpc) is 1.56. The number of nitrogens with zero attached hydrogens (tertiary/aromatic N) is 9. The number of thiophene rings is 1. The molecule has 33 aromatic rings. The van der Waals surface area contributed by atoms with Gasteiger partial charge in [0.25, 0.3) is 0 Å². The van der Waals surface area contributed by atoms with Crippen LogP contribution in [0.5, 0.6) is 0 Å². The molecule has 0 saturated carbocycles. The lowest BCUT2D eigenvalue weighted by Gasteiger charge is -2.12. The van der Waals surface area contributed by atoms with Crippen LogP contribution < -0.4 is 0 Å². The molecule has 696 valence electrons. The summed E-state index contributed by atoms with van der Waals surface area (Å²) in [7, 11) is 0. The van der Waals surface area contributed by atoms with E-state index >= 15 is 0 Å². The second kappa shape index (κ2) is 33.9. The van der Waals surface area contributed by atoms with Crippen LogP contribution in [0, 0.1) is 0 Å². The molecule has 0 spiro atoms. The summed E-state index contributed by atoms with van der Waals surface area (Å²) in [5, 5.41) is 32.8. The maximum atomic E-state index is 6.45.